The van der Waals surface area contributed by atoms with E-state index in [-0.39, 0.29) is 39.8 Å². The Labute approximate surface area is 237 Å². The van der Waals surface area contributed by atoms with E-state index < -0.39 is 6.29 Å². The highest BCUT2D eigenvalue weighted by molar-refractivity contribution is 6.44. The highest BCUT2D eigenvalue weighted by atomic mass is 35.5. The molecule has 0 aliphatic carbocycles. The lowest BCUT2D eigenvalue weighted by molar-refractivity contribution is -0.0452. The summed E-state index contributed by atoms with van der Waals surface area (Å²) in [6.45, 7) is 0.495. The molecule has 2 aromatic carbocycles. The van der Waals surface area contributed by atoms with Gasteiger partial charge in [-0.25, -0.2) is 9.97 Å². The van der Waals surface area contributed by atoms with Crippen molar-refractivity contribution in [2.45, 2.75) is 12.8 Å². The van der Waals surface area contributed by atoms with Crippen molar-refractivity contribution in [2.75, 3.05) is 30.0 Å². The number of hydrogen-bond acceptors (Lipinski definition) is 11. The van der Waals surface area contributed by atoms with E-state index in [0.29, 0.717) is 44.0 Å². The molecule has 4 aromatic rings. The van der Waals surface area contributed by atoms with Crippen molar-refractivity contribution in [3.63, 3.8) is 0 Å². The highest BCUT2D eigenvalue weighted by Crippen LogP contribution is 2.39. The fourth-order valence-corrected chi connectivity index (χ4v) is 4.30. The Kier molecular flexibility index (Phi) is 9.74. The lowest BCUT2D eigenvalue weighted by Crippen LogP contribution is -2.13. The molecule has 11 nitrogen and oxygen atoms in total. The third kappa shape index (κ3) is 6.45. The first-order valence-corrected chi connectivity index (χ1v) is 12.2. The summed E-state index contributed by atoms with van der Waals surface area (Å²) in [4.78, 5) is 15.7. The average molecular weight is 599 g/mol. The minimum absolute atomic E-state index is 0.0141. The van der Waals surface area contributed by atoms with Gasteiger partial charge in [0.25, 0.3) is 0 Å². The number of hydrogen-bond donors (Lipinski definition) is 7. The zero-order chi connectivity index (χ0) is 28.1. The quantitative estimate of drug-likeness (QED) is 0.164. The van der Waals surface area contributed by atoms with E-state index in [1.165, 1.54) is 0 Å². The van der Waals surface area contributed by atoms with Gasteiger partial charge >= 0.3 is 0 Å². The van der Waals surface area contributed by atoms with Gasteiger partial charge in [0.2, 0.25) is 11.9 Å². The first kappa shape index (κ1) is 29.4. The summed E-state index contributed by atoms with van der Waals surface area (Å²) in [6, 6.07) is 10.2. The SMILES string of the molecule is CNCc1nc(N)nc(N)c1-c1cccc(Cl)c1Cl.Nc1nc(N)c(-c2cccc(Cl)c2Cl)c(C(O)O)n1. The average Bonchev–Trinajstić information content (AvgIpc) is 2.83. The Morgan fingerprint density at radius 3 is 1.71 bits per heavy atom. The second-order valence-corrected chi connectivity index (χ2v) is 9.19. The minimum atomic E-state index is -1.86. The summed E-state index contributed by atoms with van der Waals surface area (Å²) in [5.41, 5.74) is 25.2. The van der Waals surface area contributed by atoms with E-state index in [0.717, 1.165) is 0 Å². The van der Waals surface area contributed by atoms with Crippen LogP contribution in [0.15, 0.2) is 36.4 Å². The zero-order valence-corrected chi connectivity index (χ0v) is 22.8. The number of aliphatic hydroxyl groups is 2. The van der Waals surface area contributed by atoms with E-state index in [4.69, 9.17) is 69.3 Å². The number of benzene rings is 2. The smallest absolute Gasteiger partial charge is 0.222 e. The van der Waals surface area contributed by atoms with Crippen molar-refractivity contribution in [3.8, 4) is 22.3 Å². The van der Waals surface area contributed by atoms with E-state index in [1.54, 1.807) is 37.4 Å². The number of aliphatic hydroxyl groups excluding tert-OH is 1. The predicted molar refractivity (Wildman–Crippen MR) is 153 cm³/mol. The highest BCUT2D eigenvalue weighted by Gasteiger charge is 2.21. The van der Waals surface area contributed by atoms with Crippen molar-refractivity contribution >= 4 is 69.9 Å². The molecule has 0 aliphatic heterocycles. The number of nitrogens with one attached hydrogen (secondary N) is 1. The minimum Gasteiger partial charge on any atom is -0.383 e. The number of nitrogen functional groups attached to an aromatic ring is 4. The van der Waals surface area contributed by atoms with Crippen LogP contribution in [-0.2, 0) is 6.54 Å². The van der Waals surface area contributed by atoms with Crippen molar-refractivity contribution in [3.05, 3.63) is 67.9 Å². The molecule has 0 saturated heterocycles. The third-order valence-electron chi connectivity index (χ3n) is 5.04. The molecule has 0 aliphatic rings. The Bertz CT molecular complexity index is 1470. The molecule has 0 bridgehead atoms. The van der Waals surface area contributed by atoms with Crippen LogP contribution >= 0.6 is 46.4 Å². The van der Waals surface area contributed by atoms with Crippen molar-refractivity contribution in [2.24, 2.45) is 0 Å². The maximum atomic E-state index is 9.35. The number of nitrogens with zero attached hydrogens (tertiary/aromatic N) is 4. The first-order valence-electron chi connectivity index (χ1n) is 10.7. The predicted octanol–water partition coefficient (Wildman–Crippen LogP) is 3.93. The second-order valence-electron chi connectivity index (χ2n) is 7.62. The maximum Gasteiger partial charge on any atom is 0.222 e. The van der Waals surface area contributed by atoms with Gasteiger partial charge < -0.3 is 38.5 Å². The monoisotopic (exact) mass is 597 g/mol. The van der Waals surface area contributed by atoms with Gasteiger partial charge in [-0.2, -0.15) is 9.97 Å². The van der Waals surface area contributed by atoms with Crippen molar-refractivity contribution in [1.82, 2.24) is 25.3 Å². The molecule has 15 heteroatoms. The maximum absolute atomic E-state index is 9.35. The number of halogens is 4. The molecule has 11 N–H and O–H groups in total. The lowest BCUT2D eigenvalue weighted by atomic mass is 10.0. The number of anilines is 4. The Hall–Kier alpha value is -3.16. The molecule has 0 spiro atoms. The van der Waals surface area contributed by atoms with Gasteiger partial charge in [0.15, 0.2) is 6.29 Å². The van der Waals surface area contributed by atoms with Crippen molar-refractivity contribution < 1.29 is 10.2 Å². The molecule has 0 amide bonds. The molecule has 0 unspecified atom stereocenters. The molecule has 4 rings (SSSR count). The summed E-state index contributed by atoms with van der Waals surface area (Å²) in [5.74, 6) is 0.230. The molecule has 0 saturated carbocycles. The molecular weight excluding hydrogens is 576 g/mol. The number of nitrogens with two attached hydrogens (primary N) is 4. The normalized spacial score (nSPS) is 10.8. The molecule has 0 fully saturated rings. The summed E-state index contributed by atoms with van der Waals surface area (Å²) in [6.07, 6.45) is -1.86. The van der Waals surface area contributed by atoms with Crippen LogP contribution in [0.4, 0.5) is 23.5 Å². The van der Waals surface area contributed by atoms with Crippen LogP contribution < -0.4 is 28.3 Å². The van der Waals surface area contributed by atoms with Crippen LogP contribution in [0.5, 0.6) is 0 Å². The van der Waals surface area contributed by atoms with Crippen LogP contribution in [0.1, 0.15) is 17.7 Å². The standard InChI is InChI=1S/C12H13Cl2N5.C11H10Cl2N4O2/c1-17-5-8-9(11(15)19-12(16)18-8)6-3-2-4-7(13)10(6)14;12-5-3-1-2-4(7(5)13)6-8(10(18)19)16-11(15)17-9(6)14/h2-4,17H,5H2,1H3,(H4,15,16,18,19);1-3,10,18-19H,(H4,14,15,16,17). The van der Waals surface area contributed by atoms with Gasteiger partial charge in [-0.1, -0.05) is 70.7 Å². The number of aromatic nitrogens is 4. The molecule has 0 atom stereocenters. The molecule has 2 aromatic heterocycles. The van der Waals surface area contributed by atoms with Crippen molar-refractivity contribution in [1.29, 1.82) is 0 Å². The van der Waals surface area contributed by atoms with Crippen LogP contribution in [0.2, 0.25) is 20.1 Å². The Morgan fingerprint density at radius 1 is 0.737 bits per heavy atom. The van der Waals surface area contributed by atoms with Gasteiger partial charge in [-0.3, -0.25) is 0 Å². The molecule has 200 valence electrons. The van der Waals surface area contributed by atoms with Gasteiger partial charge in [0.05, 0.1) is 31.3 Å². The van der Waals surface area contributed by atoms with Crippen LogP contribution in [0.3, 0.4) is 0 Å². The van der Waals surface area contributed by atoms with E-state index >= 15 is 0 Å². The molecular formula is C23H23Cl4N9O2. The van der Waals surface area contributed by atoms with E-state index in [2.05, 4.69) is 25.3 Å². The Balaban J connectivity index is 0.000000211. The topological polar surface area (TPSA) is 208 Å². The summed E-state index contributed by atoms with van der Waals surface area (Å²) < 4.78 is 0. The first-order chi connectivity index (χ1) is 18.0. The van der Waals surface area contributed by atoms with Gasteiger partial charge in [0, 0.05) is 23.2 Å². The summed E-state index contributed by atoms with van der Waals surface area (Å²) in [5, 5.41) is 23.1. The van der Waals surface area contributed by atoms with Crippen LogP contribution in [-0.4, -0.2) is 37.2 Å². The summed E-state index contributed by atoms with van der Waals surface area (Å²) in [7, 11) is 1.80. The fourth-order valence-electron chi connectivity index (χ4n) is 3.51. The van der Waals surface area contributed by atoms with Crippen LogP contribution in [0, 0.1) is 0 Å². The molecule has 2 heterocycles. The third-order valence-corrected chi connectivity index (χ3v) is 6.68. The molecule has 38 heavy (non-hydrogen) atoms. The van der Waals surface area contributed by atoms with Crippen LogP contribution in [0.25, 0.3) is 22.3 Å². The largest absolute Gasteiger partial charge is 0.383 e. The summed E-state index contributed by atoms with van der Waals surface area (Å²) >= 11 is 24.2. The second kappa shape index (κ2) is 12.6. The fraction of sp³-hybridized carbons (Fsp3) is 0.130. The van der Waals surface area contributed by atoms with Gasteiger partial charge in [0.1, 0.15) is 17.3 Å². The van der Waals surface area contributed by atoms with E-state index in [1.807, 2.05) is 6.07 Å². The van der Waals surface area contributed by atoms with Gasteiger partial charge in [-0.15, -0.1) is 0 Å². The van der Waals surface area contributed by atoms with E-state index in [9.17, 15) is 10.2 Å². The molecule has 0 radical (unpaired) electrons. The van der Waals surface area contributed by atoms with Gasteiger partial charge in [-0.05, 0) is 19.2 Å². The number of rotatable bonds is 5. The lowest BCUT2D eigenvalue weighted by Gasteiger charge is -2.14. The zero-order valence-electron chi connectivity index (χ0n) is 19.8. The Morgan fingerprint density at radius 2 is 1.21 bits per heavy atom.